The molecule has 3 nitrogen and oxygen atoms in total. The Morgan fingerprint density at radius 1 is 1.57 bits per heavy atom. The first-order valence-corrected chi connectivity index (χ1v) is 5.70. The molecule has 1 rings (SSSR count). The van der Waals surface area contributed by atoms with Gasteiger partial charge in [-0.25, -0.2) is 0 Å². The van der Waals surface area contributed by atoms with E-state index in [0.29, 0.717) is 0 Å². The van der Waals surface area contributed by atoms with Crippen LogP contribution in [0.5, 0.6) is 0 Å². The van der Waals surface area contributed by atoms with Crippen molar-refractivity contribution in [3.8, 4) is 0 Å². The molecule has 0 bridgehead atoms. The van der Waals surface area contributed by atoms with E-state index in [9.17, 15) is 4.79 Å². The van der Waals surface area contributed by atoms with E-state index in [4.69, 9.17) is 5.11 Å². The average molecular weight is 199 g/mol. The number of carbonyl (C=O) groups is 1. The minimum atomic E-state index is -0.710. The smallest absolute Gasteiger partial charge is 0.320 e. The summed E-state index contributed by atoms with van der Waals surface area (Å²) in [4.78, 5) is 10.8. The second-order valence-corrected chi connectivity index (χ2v) is 4.22. The van der Waals surface area contributed by atoms with Crippen molar-refractivity contribution in [1.29, 1.82) is 0 Å². The molecule has 1 unspecified atom stereocenters. The maximum Gasteiger partial charge on any atom is 0.320 e. The number of hydrogen-bond acceptors (Lipinski definition) is 2. The Bertz CT molecular complexity index is 178. The minimum Gasteiger partial charge on any atom is -0.480 e. The van der Waals surface area contributed by atoms with Crippen LogP contribution >= 0.6 is 0 Å². The van der Waals surface area contributed by atoms with Crippen LogP contribution in [0.25, 0.3) is 0 Å². The molecule has 2 N–H and O–H groups in total. The van der Waals surface area contributed by atoms with E-state index in [1.807, 2.05) is 6.92 Å². The lowest BCUT2D eigenvalue weighted by Crippen LogP contribution is -2.37. The molecule has 1 aliphatic rings. The fourth-order valence-corrected chi connectivity index (χ4v) is 1.68. The van der Waals surface area contributed by atoms with E-state index in [0.717, 1.165) is 31.7 Å². The van der Waals surface area contributed by atoms with Crippen molar-refractivity contribution in [2.24, 2.45) is 5.92 Å². The first-order chi connectivity index (χ1) is 6.74. The van der Waals surface area contributed by atoms with Crippen LogP contribution in [0.3, 0.4) is 0 Å². The fraction of sp³-hybridized carbons (Fsp3) is 0.909. The normalized spacial score (nSPS) is 18.1. The van der Waals surface area contributed by atoms with Crippen LogP contribution in [0.15, 0.2) is 0 Å². The van der Waals surface area contributed by atoms with Crippen molar-refractivity contribution < 1.29 is 9.90 Å². The molecule has 0 spiro atoms. The Labute approximate surface area is 85.9 Å². The van der Waals surface area contributed by atoms with Gasteiger partial charge in [0.1, 0.15) is 6.04 Å². The zero-order valence-electron chi connectivity index (χ0n) is 8.96. The Morgan fingerprint density at radius 2 is 2.29 bits per heavy atom. The number of aliphatic carboxylic acids is 1. The zero-order valence-corrected chi connectivity index (χ0v) is 8.96. The second kappa shape index (κ2) is 6.02. The first kappa shape index (κ1) is 11.5. The van der Waals surface area contributed by atoms with Crippen molar-refractivity contribution >= 4 is 5.97 Å². The van der Waals surface area contributed by atoms with Gasteiger partial charge in [0.2, 0.25) is 0 Å². The molecule has 0 aliphatic heterocycles. The number of rotatable bonds is 8. The predicted octanol–water partition coefficient (Wildman–Crippen LogP) is 2.02. The molecule has 0 amide bonds. The van der Waals surface area contributed by atoms with E-state index in [1.165, 1.54) is 19.3 Å². The third kappa shape index (κ3) is 4.61. The first-order valence-electron chi connectivity index (χ1n) is 5.70. The van der Waals surface area contributed by atoms with Gasteiger partial charge < -0.3 is 10.4 Å². The van der Waals surface area contributed by atoms with Gasteiger partial charge in [0.15, 0.2) is 0 Å². The highest BCUT2D eigenvalue weighted by Crippen LogP contribution is 2.33. The molecule has 0 aromatic heterocycles. The van der Waals surface area contributed by atoms with Crippen LogP contribution in [-0.4, -0.2) is 23.7 Å². The van der Waals surface area contributed by atoms with Crippen LogP contribution in [0.2, 0.25) is 0 Å². The maximum absolute atomic E-state index is 10.8. The van der Waals surface area contributed by atoms with Gasteiger partial charge in [-0.05, 0) is 31.7 Å². The van der Waals surface area contributed by atoms with Gasteiger partial charge >= 0.3 is 5.97 Å². The van der Waals surface area contributed by atoms with Crippen molar-refractivity contribution in [1.82, 2.24) is 5.32 Å². The molecule has 0 aromatic carbocycles. The number of hydrogen-bond donors (Lipinski definition) is 2. The standard InChI is InChI=1S/C11H21NO2/c1-2-4-10(11(13)14)12-8-3-5-9-6-7-9/h9-10,12H,2-8H2,1H3,(H,13,14). The van der Waals surface area contributed by atoms with E-state index in [1.54, 1.807) is 0 Å². The molecule has 82 valence electrons. The molecule has 1 aliphatic carbocycles. The Kier molecular flexibility index (Phi) is 4.94. The summed E-state index contributed by atoms with van der Waals surface area (Å²) in [5, 5.41) is 12.0. The Balaban J connectivity index is 2.02. The number of carboxylic acids is 1. The lowest BCUT2D eigenvalue weighted by Gasteiger charge is -2.12. The summed E-state index contributed by atoms with van der Waals surface area (Å²) in [6.07, 6.45) is 6.82. The van der Waals surface area contributed by atoms with Gasteiger partial charge in [0.05, 0.1) is 0 Å². The zero-order chi connectivity index (χ0) is 10.4. The third-order valence-corrected chi connectivity index (χ3v) is 2.75. The van der Waals surface area contributed by atoms with Gasteiger partial charge in [-0.1, -0.05) is 26.2 Å². The van der Waals surface area contributed by atoms with Gasteiger partial charge in [0, 0.05) is 0 Å². The molecular weight excluding hydrogens is 178 g/mol. The number of nitrogens with one attached hydrogen (secondary N) is 1. The SMILES string of the molecule is CCCC(NCCCC1CC1)C(=O)O. The fourth-order valence-electron chi connectivity index (χ4n) is 1.68. The predicted molar refractivity (Wildman–Crippen MR) is 56.3 cm³/mol. The molecule has 0 radical (unpaired) electrons. The van der Waals surface area contributed by atoms with Crippen molar-refractivity contribution in [2.45, 2.75) is 51.5 Å². The molecule has 0 aromatic rings. The molecule has 1 saturated carbocycles. The van der Waals surface area contributed by atoms with Gasteiger partial charge in [-0.2, -0.15) is 0 Å². The van der Waals surface area contributed by atoms with Gasteiger partial charge in [-0.3, -0.25) is 4.79 Å². The maximum atomic E-state index is 10.8. The lowest BCUT2D eigenvalue weighted by molar-refractivity contribution is -0.139. The van der Waals surface area contributed by atoms with Gasteiger partial charge in [-0.15, -0.1) is 0 Å². The average Bonchev–Trinajstić information content (AvgIpc) is 2.93. The van der Waals surface area contributed by atoms with Crippen molar-refractivity contribution in [3.63, 3.8) is 0 Å². The van der Waals surface area contributed by atoms with E-state index < -0.39 is 5.97 Å². The molecular formula is C11H21NO2. The van der Waals surface area contributed by atoms with Crippen molar-refractivity contribution in [2.75, 3.05) is 6.54 Å². The highest BCUT2D eigenvalue weighted by Gasteiger charge is 2.20. The molecule has 1 fully saturated rings. The largest absolute Gasteiger partial charge is 0.480 e. The second-order valence-electron chi connectivity index (χ2n) is 4.22. The summed E-state index contributed by atoms with van der Waals surface area (Å²) >= 11 is 0. The third-order valence-electron chi connectivity index (χ3n) is 2.75. The van der Waals surface area contributed by atoms with Crippen LogP contribution in [0.4, 0.5) is 0 Å². The molecule has 3 heteroatoms. The van der Waals surface area contributed by atoms with Crippen molar-refractivity contribution in [3.05, 3.63) is 0 Å². The van der Waals surface area contributed by atoms with Gasteiger partial charge in [0.25, 0.3) is 0 Å². The highest BCUT2D eigenvalue weighted by atomic mass is 16.4. The van der Waals surface area contributed by atoms with Crippen LogP contribution in [0.1, 0.15) is 45.4 Å². The summed E-state index contributed by atoms with van der Waals surface area (Å²) in [7, 11) is 0. The summed E-state index contributed by atoms with van der Waals surface area (Å²) in [5.74, 6) is 0.240. The van der Waals surface area contributed by atoms with Crippen LogP contribution in [-0.2, 0) is 4.79 Å². The summed E-state index contributed by atoms with van der Waals surface area (Å²) in [5.41, 5.74) is 0. The van der Waals surface area contributed by atoms with E-state index >= 15 is 0 Å². The Hall–Kier alpha value is -0.570. The van der Waals surface area contributed by atoms with Crippen LogP contribution in [0, 0.1) is 5.92 Å². The quantitative estimate of drug-likeness (QED) is 0.588. The summed E-state index contributed by atoms with van der Waals surface area (Å²) in [6, 6.07) is -0.334. The monoisotopic (exact) mass is 199 g/mol. The lowest BCUT2D eigenvalue weighted by atomic mass is 10.1. The van der Waals surface area contributed by atoms with E-state index in [2.05, 4.69) is 5.32 Å². The summed E-state index contributed by atoms with van der Waals surface area (Å²) < 4.78 is 0. The molecule has 14 heavy (non-hydrogen) atoms. The topological polar surface area (TPSA) is 49.3 Å². The van der Waals surface area contributed by atoms with E-state index in [-0.39, 0.29) is 6.04 Å². The minimum absolute atomic E-state index is 0.334. The molecule has 1 atom stereocenters. The number of carboxylic acid groups (broad SMARTS) is 1. The Morgan fingerprint density at radius 3 is 2.79 bits per heavy atom. The summed E-state index contributed by atoms with van der Waals surface area (Å²) in [6.45, 7) is 2.87. The highest BCUT2D eigenvalue weighted by molar-refractivity contribution is 5.73. The molecule has 0 heterocycles. The van der Waals surface area contributed by atoms with Crippen LogP contribution < -0.4 is 5.32 Å². The molecule has 0 saturated heterocycles.